The van der Waals surface area contributed by atoms with Gasteiger partial charge in [-0.05, 0) is 31.7 Å². The molecule has 1 atom stereocenters. The van der Waals surface area contributed by atoms with Crippen molar-refractivity contribution in [3.63, 3.8) is 0 Å². The summed E-state index contributed by atoms with van der Waals surface area (Å²) in [4.78, 5) is 20.5. The zero-order valence-electron chi connectivity index (χ0n) is 14.0. The number of nitrogens with zero attached hydrogens (tertiary/aromatic N) is 2. The number of ether oxygens (including phenoxy) is 1. The second-order valence-corrected chi connectivity index (χ2v) is 7.76. The van der Waals surface area contributed by atoms with Crippen molar-refractivity contribution in [3.8, 4) is 5.75 Å². The Morgan fingerprint density at radius 3 is 3.00 bits per heavy atom. The van der Waals surface area contributed by atoms with Crippen molar-refractivity contribution in [2.24, 2.45) is 0 Å². The average molecular weight is 400 g/mol. The number of carbonyl (C=O) groups is 1. The summed E-state index contributed by atoms with van der Waals surface area (Å²) in [5, 5.41) is 4.34. The zero-order chi connectivity index (χ0) is 18.0. The number of fused-ring (bicyclic) bond motifs is 1. The van der Waals surface area contributed by atoms with Crippen LogP contribution in [0.3, 0.4) is 0 Å². The molecule has 2 aromatic rings. The van der Waals surface area contributed by atoms with Crippen molar-refractivity contribution in [1.82, 2.24) is 9.88 Å². The van der Waals surface area contributed by atoms with Crippen molar-refractivity contribution in [1.29, 1.82) is 0 Å². The molecule has 3 rings (SSSR count). The third-order valence-corrected chi connectivity index (χ3v) is 5.58. The molecular formula is C17H19Cl2N3O2S. The van der Waals surface area contributed by atoms with E-state index in [9.17, 15) is 4.79 Å². The van der Waals surface area contributed by atoms with Crippen molar-refractivity contribution < 1.29 is 9.53 Å². The highest BCUT2D eigenvalue weighted by atomic mass is 35.5. The Bertz CT molecular complexity index is 781. The topological polar surface area (TPSA) is 54.5 Å². The molecule has 1 amide bonds. The lowest BCUT2D eigenvalue weighted by molar-refractivity contribution is -0.122. The van der Waals surface area contributed by atoms with Crippen LogP contribution < -0.4 is 10.1 Å². The molecule has 0 aliphatic carbocycles. The highest BCUT2D eigenvalue weighted by Gasteiger charge is 2.22. The molecule has 8 heteroatoms. The molecule has 5 nitrogen and oxygen atoms in total. The minimum absolute atomic E-state index is 0.260. The average Bonchev–Trinajstić information content (AvgIpc) is 2.98. The Balaban J connectivity index is 1.63. The number of anilines is 1. The molecule has 1 aromatic carbocycles. The Hall–Kier alpha value is -1.34. The fourth-order valence-electron chi connectivity index (χ4n) is 2.59. The lowest BCUT2D eigenvalue weighted by Crippen LogP contribution is -2.30. The first-order chi connectivity index (χ1) is 12.0. The van der Waals surface area contributed by atoms with Crippen LogP contribution in [0.15, 0.2) is 18.2 Å². The van der Waals surface area contributed by atoms with E-state index < -0.39 is 6.10 Å². The number of aromatic nitrogens is 1. The van der Waals surface area contributed by atoms with Crippen molar-refractivity contribution in [3.05, 3.63) is 38.8 Å². The first-order valence-corrected chi connectivity index (χ1v) is 9.67. The van der Waals surface area contributed by atoms with Gasteiger partial charge in [0.15, 0.2) is 11.2 Å². The Labute approximate surface area is 160 Å². The van der Waals surface area contributed by atoms with E-state index in [-0.39, 0.29) is 5.91 Å². The van der Waals surface area contributed by atoms with E-state index >= 15 is 0 Å². The van der Waals surface area contributed by atoms with E-state index in [4.69, 9.17) is 27.9 Å². The summed E-state index contributed by atoms with van der Waals surface area (Å²) in [7, 11) is 0. The van der Waals surface area contributed by atoms with Crippen LogP contribution in [-0.2, 0) is 17.8 Å². The number of hydrogen-bond donors (Lipinski definition) is 1. The molecule has 0 spiro atoms. The molecule has 134 valence electrons. The van der Waals surface area contributed by atoms with Crippen LogP contribution in [0.5, 0.6) is 5.75 Å². The third kappa shape index (κ3) is 4.44. The van der Waals surface area contributed by atoms with Gasteiger partial charge in [-0.25, -0.2) is 4.98 Å². The maximum atomic E-state index is 12.4. The standard InChI is InChI=1S/C17H19Cl2N3O2S/c1-3-22-7-6-13-15(9-22)25-17(20-13)21-16(23)10(2)24-14-5-4-11(18)8-12(14)19/h4-5,8,10H,3,6-7,9H2,1-2H3,(H,20,21,23). The van der Waals surface area contributed by atoms with Gasteiger partial charge in [0, 0.05) is 29.4 Å². The van der Waals surface area contributed by atoms with E-state index in [1.54, 1.807) is 25.1 Å². The minimum Gasteiger partial charge on any atom is -0.479 e. The molecule has 1 unspecified atom stereocenters. The predicted octanol–water partition coefficient (Wildman–Crippen LogP) is 4.23. The highest BCUT2D eigenvalue weighted by molar-refractivity contribution is 7.15. The molecule has 25 heavy (non-hydrogen) atoms. The van der Waals surface area contributed by atoms with Crippen molar-refractivity contribution in [2.45, 2.75) is 32.9 Å². The number of benzene rings is 1. The summed E-state index contributed by atoms with van der Waals surface area (Å²) in [5.74, 6) is 0.162. The molecule has 1 aliphatic heterocycles. The van der Waals surface area contributed by atoms with Crippen LogP contribution in [0.25, 0.3) is 0 Å². The normalized spacial score (nSPS) is 15.5. The maximum Gasteiger partial charge on any atom is 0.266 e. The zero-order valence-corrected chi connectivity index (χ0v) is 16.3. The summed E-state index contributed by atoms with van der Waals surface area (Å²) >= 11 is 13.5. The molecule has 1 aromatic heterocycles. The molecule has 0 radical (unpaired) electrons. The summed E-state index contributed by atoms with van der Waals surface area (Å²) in [6.07, 6.45) is 0.217. The van der Waals surface area contributed by atoms with Gasteiger partial charge in [-0.2, -0.15) is 0 Å². The van der Waals surface area contributed by atoms with Crippen LogP contribution in [0.2, 0.25) is 10.0 Å². The summed E-state index contributed by atoms with van der Waals surface area (Å²) in [6, 6.07) is 4.90. The van der Waals surface area contributed by atoms with Gasteiger partial charge in [-0.3, -0.25) is 15.0 Å². The quantitative estimate of drug-likeness (QED) is 0.816. The fraction of sp³-hybridized carbons (Fsp3) is 0.412. The first-order valence-electron chi connectivity index (χ1n) is 8.09. The van der Waals surface area contributed by atoms with Crippen molar-refractivity contribution in [2.75, 3.05) is 18.4 Å². The smallest absolute Gasteiger partial charge is 0.266 e. The monoisotopic (exact) mass is 399 g/mol. The first kappa shape index (κ1) is 18.5. The Kier molecular flexibility index (Phi) is 5.84. The number of carbonyl (C=O) groups excluding carboxylic acids is 1. The number of nitrogens with one attached hydrogen (secondary N) is 1. The summed E-state index contributed by atoms with van der Waals surface area (Å²) < 4.78 is 5.64. The predicted molar refractivity (Wildman–Crippen MR) is 102 cm³/mol. The largest absolute Gasteiger partial charge is 0.479 e. The number of likely N-dealkylation sites (N-methyl/N-ethyl adjacent to an activating group) is 1. The van der Waals surface area contributed by atoms with Crippen LogP contribution in [0, 0.1) is 0 Å². The number of rotatable bonds is 5. The number of hydrogen-bond acceptors (Lipinski definition) is 5. The number of halogens is 2. The maximum absolute atomic E-state index is 12.4. The van der Waals surface area contributed by atoms with Crippen LogP contribution in [-0.4, -0.2) is 35.0 Å². The van der Waals surface area contributed by atoms with Gasteiger partial charge >= 0.3 is 0 Å². The van der Waals surface area contributed by atoms with E-state index in [1.807, 2.05) is 0 Å². The minimum atomic E-state index is -0.702. The lowest BCUT2D eigenvalue weighted by Gasteiger charge is -2.23. The Morgan fingerprint density at radius 1 is 1.48 bits per heavy atom. The molecule has 0 fully saturated rings. The lowest BCUT2D eigenvalue weighted by atomic mass is 10.2. The van der Waals surface area contributed by atoms with Crippen molar-refractivity contribution >= 4 is 45.6 Å². The molecule has 0 saturated carbocycles. The second-order valence-electron chi connectivity index (χ2n) is 5.83. The molecule has 1 N–H and O–H groups in total. The van der Waals surface area contributed by atoms with Crippen LogP contribution in [0.1, 0.15) is 24.4 Å². The van der Waals surface area contributed by atoms with Gasteiger partial charge in [0.05, 0.1) is 10.7 Å². The van der Waals surface area contributed by atoms with E-state index in [0.717, 1.165) is 31.7 Å². The van der Waals surface area contributed by atoms with Crippen LogP contribution in [0.4, 0.5) is 5.13 Å². The number of thiazole rings is 1. The van der Waals surface area contributed by atoms with Crippen LogP contribution >= 0.6 is 34.5 Å². The van der Waals surface area contributed by atoms with Gasteiger partial charge in [0.2, 0.25) is 0 Å². The fourth-order valence-corrected chi connectivity index (χ4v) is 4.10. The van der Waals surface area contributed by atoms with Gasteiger partial charge in [0.25, 0.3) is 5.91 Å². The molecule has 0 saturated heterocycles. The van der Waals surface area contributed by atoms with Gasteiger partial charge in [0.1, 0.15) is 5.75 Å². The second kappa shape index (κ2) is 7.91. The molecule has 0 bridgehead atoms. The van der Waals surface area contributed by atoms with Gasteiger partial charge in [-0.1, -0.05) is 30.1 Å². The third-order valence-electron chi connectivity index (χ3n) is 4.05. The van der Waals surface area contributed by atoms with E-state index in [0.29, 0.717) is 20.9 Å². The molecular weight excluding hydrogens is 381 g/mol. The SMILES string of the molecule is CCN1CCc2nc(NC(=O)C(C)Oc3ccc(Cl)cc3Cl)sc2C1. The molecule has 2 heterocycles. The van der Waals surface area contributed by atoms with E-state index in [1.165, 1.54) is 16.2 Å². The van der Waals surface area contributed by atoms with Gasteiger partial charge < -0.3 is 4.74 Å². The van der Waals surface area contributed by atoms with Gasteiger partial charge in [-0.15, -0.1) is 11.3 Å². The summed E-state index contributed by atoms with van der Waals surface area (Å²) in [6.45, 7) is 6.75. The summed E-state index contributed by atoms with van der Waals surface area (Å²) in [5.41, 5.74) is 1.08. The van der Waals surface area contributed by atoms with E-state index in [2.05, 4.69) is 22.1 Å². The molecule has 1 aliphatic rings. The Morgan fingerprint density at radius 2 is 2.28 bits per heavy atom. The highest BCUT2D eigenvalue weighted by Crippen LogP contribution is 2.30. The number of amides is 1.